The monoisotopic (exact) mass is 276 g/mol. The lowest BCUT2D eigenvalue weighted by molar-refractivity contribution is 0.103. The number of nitrogens with zero attached hydrogens (tertiary/aromatic N) is 2. The Morgan fingerprint density at radius 1 is 1.00 bits per heavy atom. The van der Waals surface area contributed by atoms with E-state index in [4.69, 9.17) is 0 Å². The molecule has 0 aliphatic heterocycles. The lowest BCUT2D eigenvalue weighted by Crippen LogP contribution is -2.11. The van der Waals surface area contributed by atoms with Crippen molar-refractivity contribution in [1.29, 1.82) is 0 Å². The maximum atomic E-state index is 12.8. The molecule has 0 N–H and O–H groups in total. The summed E-state index contributed by atoms with van der Waals surface area (Å²) in [6.07, 6.45) is 1.66. The largest absolute Gasteiger partial charge is 0.287 e. The first-order valence-electron chi connectivity index (χ1n) is 6.88. The standard InChI is InChI=1S/C18H16N2O/c1-13-8-9-14(2)16(12-13)18(21)17-10-11-19-20(17)15-6-4-3-5-7-15/h3-12H,1-2H3. The van der Waals surface area contributed by atoms with E-state index in [9.17, 15) is 4.79 Å². The number of carbonyl (C=O) groups excluding carboxylic acids is 1. The summed E-state index contributed by atoms with van der Waals surface area (Å²) in [5.41, 5.74) is 4.25. The molecule has 2 aromatic carbocycles. The van der Waals surface area contributed by atoms with E-state index >= 15 is 0 Å². The van der Waals surface area contributed by atoms with E-state index in [1.54, 1.807) is 16.9 Å². The molecule has 0 bridgehead atoms. The Morgan fingerprint density at radius 2 is 1.76 bits per heavy atom. The van der Waals surface area contributed by atoms with Gasteiger partial charge in [-0.15, -0.1) is 0 Å². The van der Waals surface area contributed by atoms with Crippen LogP contribution in [-0.2, 0) is 0 Å². The van der Waals surface area contributed by atoms with Crippen LogP contribution in [0.25, 0.3) is 5.69 Å². The van der Waals surface area contributed by atoms with Crippen molar-refractivity contribution in [2.24, 2.45) is 0 Å². The molecule has 3 rings (SSSR count). The zero-order chi connectivity index (χ0) is 14.8. The van der Waals surface area contributed by atoms with E-state index < -0.39 is 0 Å². The summed E-state index contributed by atoms with van der Waals surface area (Å²) in [4.78, 5) is 12.8. The van der Waals surface area contributed by atoms with E-state index in [1.165, 1.54) is 0 Å². The lowest BCUT2D eigenvalue weighted by Gasteiger charge is -2.09. The van der Waals surface area contributed by atoms with Gasteiger partial charge in [-0.1, -0.05) is 35.9 Å². The summed E-state index contributed by atoms with van der Waals surface area (Å²) in [6.45, 7) is 3.95. The predicted molar refractivity (Wildman–Crippen MR) is 82.9 cm³/mol. The SMILES string of the molecule is Cc1ccc(C)c(C(=O)c2ccnn2-c2ccccc2)c1. The van der Waals surface area contributed by atoms with Crippen LogP contribution in [0.3, 0.4) is 0 Å². The minimum Gasteiger partial charge on any atom is -0.287 e. The fourth-order valence-corrected chi connectivity index (χ4v) is 2.37. The highest BCUT2D eigenvalue weighted by molar-refractivity contribution is 6.09. The normalized spacial score (nSPS) is 10.6. The molecule has 21 heavy (non-hydrogen) atoms. The first kappa shape index (κ1) is 13.3. The predicted octanol–water partition coefficient (Wildman–Crippen LogP) is 3.72. The minimum absolute atomic E-state index is 0.00227. The van der Waals surface area contributed by atoms with Crippen molar-refractivity contribution in [3.63, 3.8) is 0 Å². The maximum absolute atomic E-state index is 12.8. The molecule has 0 saturated heterocycles. The fraction of sp³-hybridized carbons (Fsp3) is 0.111. The number of aromatic nitrogens is 2. The molecule has 104 valence electrons. The third-order valence-corrected chi connectivity index (χ3v) is 3.51. The number of hydrogen-bond acceptors (Lipinski definition) is 2. The van der Waals surface area contributed by atoms with Crippen LogP contribution in [-0.4, -0.2) is 15.6 Å². The van der Waals surface area contributed by atoms with Gasteiger partial charge in [0.25, 0.3) is 0 Å². The summed E-state index contributed by atoms with van der Waals surface area (Å²) < 4.78 is 1.68. The molecule has 0 radical (unpaired) electrons. The number of rotatable bonds is 3. The van der Waals surface area contributed by atoms with Crippen LogP contribution in [0.15, 0.2) is 60.8 Å². The van der Waals surface area contributed by atoms with Gasteiger partial charge >= 0.3 is 0 Å². The van der Waals surface area contributed by atoms with Crippen molar-refractivity contribution < 1.29 is 4.79 Å². The molecule has 3 nitrogen and oxygen atoms in total. The Hall–Kier alpha value is -2.68. The number of aryl methyl sites for hydroxylation is 2. The summed E-state index contributed by atoms with van der Waals surface area (Å²) in [7, 11) is 0. The molecule has 0 saturated carbocycles. The second-order valence-corrected chi connectivity index (χ2v) is 5.11. The second kappa shape index (κ2) is 5.37. The lowest BCUT2D eigenvalue weighted by atomic mass is 10.00. The van der Waals surface area contributed by atoms with Crippen molar-refractivity contribution >= 4 is 5.78 Å². The molecule has 0 spiro atoms. The van der Waals surface area contributed by atoms with E-state index in [-0.39, 0.29) is 5.78 Å². The van der Waals surface area contributed by atoms with Crippen LogP contribution >= 0.6 is 0 Å². The highest BCUT2D eigenvalue weighted by Gasteiger charge is 2.17. The zero-order valence-electron chi connectivity index (χ0n) is 12.1. The third kappa shape index (κ3) is 2.50. The molecule has 0 aliphatic rings. The quantitative estimate of drug-likeness (QED) is 0.683. The van der Waals surface area contributed by atoms with E-state index in [0.29, 0.717) is 5.69 Å². The Kier molecular flexibility index (Phi) is 3.40. The fourth-order valence-electron chi connectivity index (χ4n) is 2.37. The van der Waals surface area contributed by atoms with Gasteiger partial charge in [0.05, 0.1) is 11.9 Å². The van der Waals surface area contributed by atoms with Crippen LogP contribution in [0.4, 0.5) is 0 Å². The minimum atomic E-state index is -0.00227. The van der Waals surface area contributed by atoms with Gasteiger partial charge in [0.15, 0.2) is 0 Å². The van der Waals surface area contributed by atoms with E-state index in [2.05, 4.69) is 5.10 Å². The zero-order valence-corrected chi connectivity index (χ0v) is 12.1. The number of para-hydroxylation sites is 1. The van der Waals surface area contributed by atoms with Gasteiger partial charge in [-0.3, -0.25) is 4.79 Å². The number of carbonyl (C=O) groups is 1. The number of benzene rings is 2. The Labute approximate surface area is 123 Å². The van der Waals surface area contributed by atoms with Gasteiger partial charge in [-0.05, 0) is 43.7 Å². The Balaban J connectivity index is 2.08. The molecular weight excluding hydrogens is 260 g/mol. The molecule has 0 fully saturated rings. The van der Waals surface area contributed by atoms with Gasteiger partial charge in [-0.2, -0.15) is 5.10 Å². The van der Waals surface area contributed by atoms with Crippen LogP contribution in [0.5, 0.6) is 0 Å². The van der Waals surface area contributed by atoms with Crippen molar-refractivity contribution in [3.05, 3.63) is 83.2 Å². The van der Waals surface area contributed by atoms with Gasteiger partial charge in [0.1, 0.15) is 5.69 Å². The topological polar surface area (TPSA) is 34.9 Å². The maximum Gasteiger partial charge on any atom is 0.211 e. The first-order valence-corrected chi connectivity index (χ1v) is 6.88. The van der Waals surface area contributed by atoms with Gasteiger partial charge < -0.3 is 0 Å². The van der Waals surface area contributed by atoms with E-state index in [1.807, 2.05) is 62.4 Å². The third-order valence-electron chi connectivity index (χ3n) is 3.51. The number of hydrogen-bond donors (Lipinski definition) is 0. The van der Waals surface area contributed by atoms with Crippen molar-refractivity contribution in [3.8, 4) is 5.69 Å². The van der Waals surface area contributed by atoms with Crippen LogP contribution in [0, 0.1) is 13.8 Å². The average molecular weight is 276 g/mol. The first-order chi connectivity index (χ1) is 10.2. The summed E-state index contributed by atoms with van der Waals surface area (Å²) >= 11 is 0. The highest BCUT2D eigenvalue weighted by Crippen LogP contribution is 2.18. The van der Waals surface area contributed by atoms with Crippen LogP contribution < -0.4 is 0 Å². The summed E-state index contributed by atoms with van der Waals surface area (Å²) in [5.74, 6) is -0.00227. The molecule has 1 heterocycles. The summed E-state index contributed by atoms with van der Waals surface area (Å²) in [5, 5.41) is 4.28. The Bertz CT molecular complexity index is 788. The smallest absolute Gasteiger partial charge is 0.211 e. The molecular formula is C18H16N2O. The molecule has 1 aromatic heterocycles. The Morgan fingerprint density at radius 3 is 2.52 bits per heavy atom. The van der Waals surface area contributed by atoms with Crippen LogP contribution in [0.1, 0.15) is 27.2 Å². The molecule has 0 atom stereocenters. The van der Waals surface area contributed by atoms with Gasteiger partial charge in [0, 0.05) is 5.56 Å². The summed E-state index contributed by atoms with van der Waals surface area (Å²) in [6, 6.07) is 17.4. The molecule has 3 heteroatoms. The van der Waals surface area contributed by atoms with E-state index in [0.717, 1.165) is 22.4 Å². The molecule has 0 amide bonds. The van der Waals surface area contributed by atoms with Gasteiger partial charge in [-0.25, -0.2) is 4.68 Å². The van der Waals surface area contributed by atoms with Crippen LogP contribution in [0.2, 0.25) is 0 Å². The van der Waals surface area contributed by atoms with Crippen molar-refractivity contribution in [1.82, 2.24) is 9.78 Å². The van der Waals surface area contributed by atoms with Gasteiger partial charge in [0.2, 0.25) is 5.78 Å². The number of ketones is 1. The average Bonchev–Trinajstić information content (AvgIpc) is 2.99. The van der Waals surface area contributed by atoms with Crippen molar-refractivity contribution in [2.45, 2.75) is 13.8 Å². The molecule has 3 aromatic rings. The molecule has 0 aliphatic carbocycles. The highest BCUT2D eigenvalue weighted by atomic mass is 16.1. The van der Waals surface area contributed by atoms with Crippen molar-refractivity contribution in [2.75, 3.05) is 0 Å². The second-order valence-electron chi connectivity index (χ2n) is 5.11. The molecule has 0 unspecified atom stereocenters.